The summed E-state index contributed by atoms with van der Waals surface area (Å²) in [4.78, 5) is 20.8. The first-order chi connectivity index (χ1) is 18.5. The van der Waals surface area contributed by atoms with Crippen molar-refractivity contribution in [2.75, 3.05) is 5.73 Å². The second kappa shape index (κ2) is 9.06. The van der Waals surface area contributed by atoms with Crippen molar-refractivity contribution >= 4 is 44.2 Å². The van der Waals surface area contributed by atoms with Crippen LogP contribution in [0.2, 0.25) is 0 Å². The second-order valence-electron chi connectivity index (χ2n) is 9.59. The first-order valence-corrected chi connectivity index (χ1v) is 12.9. The predicted octanol–water partition coefficient (Wildman–Crippen LogP) is 5.77. The number of aryl methyl sites for hydroxylation is 1. The number of carbonyl (C=O) groups is 1. The van der Waals surface area contributed by atoms with Gasteiger partial charge in [0.15, 0.2) is 11.4 Å². The van der Waals surface area contributed by atoms with Crippen molar-refractivity contribution in [3.05, 3.63) is 48.0 Å². The summed E-state index contributed by atoms with van der Waals surface area (Å²) in [6, 6.07) is 3.68. The van der Waals surface area contributed by atoms with Crippen LogP contribution in [0.15, 0.2) is 47.5 Å². The lowest BCUT2D eigenvalue weighted by Crippen LogP contribution is -2.42. The topological polar surface area (TPSA) is 129 Å². The summed E-state index contributed by atoms with van der Waals surface area (Å²) in [6.07, 6.45) is 3.78. The van der Waals surface area contributed by atoms with Crippen molar-refractivity contribution < 1.29 is 32.2 Å². The molecule has 0 spiro atoms. The van der Waals surface area contributed by atoms with E-state index in [1.54, 1.807) is 34.6 Å². The molecule has 0 aliphatic heterocycles. The van der Waals surface area contributed by atoms with Gasteiger partial charge in [0.1, 0.15) is 5.76 Å². The van der Waals surface area contributed by atoms with E-state index in [-0.39, 0.29) is 37.5 Å². The summed E-state index contributed by atoms with van der Waals surface area (Å²) in [5.74, 6) is -3.63. The van der Waals surface area contributed by atoms with Crippen LogP contribution < -0.4 is 5.73 Å². The number of nitrogen functional groups attached to an aromatic ring is 1. The van der Waals surface area contributed by atoms with Crippen LogP contribution in [0.5, 0.6) is 0 Å². The lowest BCUT2D eigenvalue weighted by atomic mass is 9.90. The van der Waals surface area contributed by atoms with E-state index in [1.165, 1.54) is 0 Å². The van der Waals surface area contributed by atoms with E-state index in [0.29, 0.717) is 11.3 Å². The van der Waals surface area contributed by atoms with Crippen LogP contribution in [-0.4, -0.2) is 42.8 Å². The number of anilines is 1. The number of rotatable bonds is 4. The quantitative estimate of drug-likeness (QED) is 0.211. The first-order valence-electron chi connectivity index (χ1n) is 12.1. The van der Waals surface area contributed by atoms with Crippen LogP contribution in [0, 0.1) is 6.92 Å². The molecule has 5 aromatic rings. The van der Waals surface area contributed by atoms with E-state index >= 15 is 0 Å². The van der Waals surface area contributed by atoms with E-state index in [4.69, 9.17) is 10.2 Å². The fourth-order valence-electron chi connectivity index (χ4n) is 5.10. The molecule has 202 valence electrons. The van der Waals surface area contributed by atoms with Gasteiger partial charge in [0.2, 0.25) is 5.79 Å². The van der Waals surface area contributed by atoms with Crippen molar-refractivity contribution in [2.24, 2.45) is 0 Å². The SMILES string of the molecule is Cc1sc2cnccc2c1-c1cc2c(-c3cnn(C4CCC(O)(OC(=O)C(F)(F)F)CC4)c3)cnc(N)c2o1. The number of halogens is 3. The highest BCUT2D eigenvalue weighted by atomic mass is 32.1. The monoisotopic (exact) mass is 557 g/mol. The number of nitrogens with two attached hydrogens (primary N) is 1. The van der Waals surface area contributed by atoms with Crippen molar-refractivity contribution in [1.29, 1.82) is 0 Å². The van der Waals surface area contributed by atoms with Gasteiger partial charge >= 0.3 is 12.1 Å². The Kier molecular flexibility index (Phi) is 5.88. The number of ether oxygens (including phenoxy) is 1. The van der Waals surface area contributed by atoms with Crippen molar-refractivity contribution in [1.82, 2.24) is 19.7 Å². The van der Waals surface area contributed by atoms with Crippen LogP contribution >= 0.6 is 11.3 Å². The molecule has 0 aromatic carbocycles. The van der Waals surface area contributed by atoms with Crippen LogP contribution in [0.1, 0.15) is 36.6 Å². The molecule has 5 heterocycles. The Hall–Kier alpha value is -3.97. The Morgan fingerprint density at radius 2 is 2.03 bits per heavy atom. The van der Waals surface area contributed by atoms with Gasteiger partial charge in [-0.15, -0.1) is 11.3 Å². The van der Waals surface area contributed by atoms with Crippen LogP contribution in [0.4, 0.5) is 19.0 Å². The second-order valence-corrected chi connectivity index (χ2v) is 10.8. The maximum atomic E-state index is 12.6. The minimum absolute atomic E-state index is 0.142. The molecular weight excluding hydrogens is 535 g/mol. The summed E-state index contributed by atoms with van der Waals surface area (Å²) in [7, 11) is 0. The number of thiophene rings is 1. The van der Waals surface area contributed by atoms with E-state index in [0.717, 1.165) is 37.0 Å². The average Bonchev–Trinajstić information content (AvgIpc) is 3.61. The highest BCUT2D eigenvalue weighted by molar-refractivity contribution is 7.19. The number of fused-ring (bicyclic) bond motifs is 2. The zero-order chi connectivity index (χ0) is 27.5. The molecule has 1 aliphatic rings. The molecule has 0 bridgehead atoms. The normalized spacial score (nSPS) is 20.1. The number of hydrogen-bond donors (Lipinski definition) is 2. The number of hydrogen-bond acceptors (Lipinski definition) is 9. The number of carbonyl (C=O) groups excluding carboxylic acids is 1. The third kappa shape index (κ3) is 4.51. The van der Waals surface area contributed by atoms with Crippen molar-refractivity contribution in [3.8, 4) is 22.5 Å². The lowest BCUT2D eigenvalue weighted by Gasteiger charge is -2.35. The van der Waals surface area contributed by atoms with Crippen LogP contribution in [0.25, 0.3) is 43.5 Å². The lowest BCUT2D eigenvalue weighted by molar-refractivity contribution is -0.256. The fourth-order valence-corrected chi connectivity index (χ4v) is 6.14. The summed E-state index contributed by atoms with van der Waals surface area (Å²) in [5, 5.41) is 16.6. The average molecular weight is 558 g/mol. The van der Waals surface area contributed by atoms with E-state index < -0.39 is 17.9 Å². The maximum absolute atomic E-state index is 12.6. The third-order valence-corrected chi connectivity index (χ3v) is 8.10. The smallest absolute Gasteiger partial charge is 0.452 e. The molecule has 1 saturated carbocycles. The molecular formula is C26H22F3N5O4S. The first kappa shape index (κ1) is 25.3. The molecule has 3 N–H and O–H groups in total. The number of esters is 1. The molecule has 0 saturated heterocycles. The zero-order valence-electron chi connectivity index (χ0n) is 20.5. The standard InChI is InChI=1S/C26H22F3N5O4S/c1-13-21(16-4-7-31-11-20(16)39-13)19-8-17-18(10-32-23(30)22(17)37-19)14-9-33-34(12-14)15-2-5-25(36,6-3-15)38-24(35)26(27,28)29/h4,7-12,15,36H,2-3,5-6H2,1H3,(H2,30,32). The molecule has 9 nitrogen and oxygen atoms in total. The molecule has 0 unspecified atom stereocenters. The number of aliphatic hydroxyl groups is 1. The molecule has 13 heteroatoms. The molecule has 0 atom stereocenters. The minimum Gasteiger partial charge on any atom is -0.452 e. The largest absolute Gasteiger partial charge is 0.491 e. The Morgan fingerprint density at radius 1 is 1.26 bits per heavy atom. The van der Waals surface area contributed by atoms with Gasteiger partial charge in [-0.1, -0.05) is 0 Å². The van der Waals surface area contributed by atoms with E-state index in [2.05, 4.69) is 19.8 Å². The van der Waals surface area contributed by atoms with Gasteiger partial charge in [-0.05, 0) is 31.9 Å². The molecule has 6 rings (SSSR count). The Bertz CT molecular complexity index is 1720. The van der Waals surface area contributed by atoms with Crippen LogP contribution in [0.3, 0.4) is 0 Å². The Labute approximate surface area is 223 Å². The Balaban J connectivity index is 1.28. The number of alkyl halides is 3. The van der Waals surface area contributed by atoms with E-state index in [1.807, 2.05) is 31.5 Å². The third-order valence-electron chi connectivity index (χ3n) is 7.04. The van der Waals surface area contributed by atoms with E-state index in [9.17, 15) is 23.1 Å². The number of pyridine rings is 2. The zero-order valence-corrected chi connectivity index (χ0v) is 21.3. The molecule has 1 fully saturated rings. The van der Waals surface area contributed by atoms with Gasteiger partial charge in [0, 0.05) is 70.0 Å². The predicted molar refractivity (Wildman–Crippen MR) is 138 cm³/mol. The fraction of sp³-hybridized carbons (Fsp3) is 0.308. The van der Waals surface area contributed by atoms with Gasteiger partial charge in [-0.3, -0.25) is 9.67 Å². The summed E-state index contributed by atoms with van der Waals surface area (Å²) in [6.45, 7) is 2.02. The van der Waals surface area contributed by atoms with Gasteiger partial charge in [-0.2, -0.15) is 18.3 Å². The number of nitrogens with zero attached hydrogens (tertiary/aromatic N) is 4. The molecule has 0 amide bonds. The number of furan rings is 1. The summed E-state index contributed by atoms with van der Waals surface area (Å²) in [5.41, 5.74) is 9.10. The number of aromatic nitrogens is 4. The van der Waals surface area contributed by atoms with Gasteiger partial charge in [0.05, 0.1) is 16.9 Å². The molecule has 39 heavy (non-hydrogen) atoms. The van der Waals surface area contributed by atoms with Gasteiger partial charge in [-0.25, -0.2) is 9.78 Å². The van der Waals surface area contributed by atoms with Crippen LogP contribution in [-0.2, 0) is 9.53 Å². The minimum atomic E-state index is -5.17. The van der Waals surface area contributed by atoms with Gasteiger partial charge < -0.3 is 20.0 Å². The molecule has 5 aromatic heterocycles. The summed E-state index contributed by atoms with van der Waals surface area (Å²) >= 11 is 1.63. The molecule has 1 aliphatic carbocycles. The van der Waals surface area contributed by atoms with Crippen molar-refractivity contribution in [3.63, 3.8) is 0 Å². The maximum Gasteiger partial charge on any atom is 0.491 e. The summed E-state index contributed by atoms with van der Waals surface area (Å²) < 4.78 is 51.0. The highest BCUT2D eigenvalue weighted by Gasteiger charge is 2.47. The van der Waals surface area contributed by atoms with Gasteiger partial charge in [0.25, 0.3) is 0 Å². The van der Waals surface area contributed by atoms with Crippen molar-refractivity contribution in [2.45, 2.75) is 50.6 Å². The highest BCUT2D eigenvalue weighted by Crippen LogP contribution is 2.43. The Morgan fingerprint density at radius 3 is 2.77 bits per heavy atom. The molecule has 0 radical (unpaired) electrons.